The van der Waals surface area contributed by atoms with Crippen LogP contribution in [0.15, 0.2) is 23.2 Å². The van der Waals surface area contributed by atoms with Gasteiger partial charge in [0.25, 0.3) is 5.91 Å². The number of β-lactam (4-membered cyclic amide) rings is 1. The largest absolute Gasteiger partial charge is 0.478 e. The van der Waals surface area contributed by atoms with Crippen molar-refractivity contribution in [1.29, 1.82) is 0 Å². The molecule has 36 heavy (non-hydrogen) atoms. The fourth-order valence-corrected chi connectivity index (χ4v) is 3.80. The zero-order chi connectivity index (χ0) is 26.1. The van der Waals surface area contributed by atoms with Crippen molar-refractivity contribution in [3.63, 3.8) is 0 Å². The maximum absolute atomic E-state index is 13.1. The molecule has 3 amide bonds. The summed E-state index contributed by atoms with van der Waals surface area (Å²) in [6.45, 7) is 5.38. The van der Waals surface area contributed by atoms with E-state index in [1.165, 1.54) is 22.7 Å². The molecule has 3 heterocycles. The fourth-order valence-electron chi connectivity index (χ4n) is 3.12. The van der Waals surface area contributed by atoms with Gasteiger partial charge in [-0.3, -0.25) is 19.6 Å². The van der Waals surface area contributed by atoms with Crippen LogP contribution in [-0.4, -0.2) is 77.7 Å². The minimum atomic E-state index is -1.51. The van der Waals surface area contributed by atoms with E-state index in [4.69, 9.17) is 9.57 Å². The molecule has 0 radical (unpaired) electrons. The highest BCUT2D eigenvalue weighted by Crippen LogP contribution is 2.40. The van der Waals surface area contributed by atoms with Crippen LogP contribution in [0.3, 0.4) is 0 Å². The van der Waals surface area contributed by atoms with Gasteiger partial charge in [0.05, 0.1) is 12.6 Å². The Balaban J connectivity index is 1.51. The maximum atomic E-state index is 13.1. The summed E-state index contributed by atoms with van der Waals surface area (Å²) in [5, 5.41) is 26.4. The van der Waals surface area contributed by atoms with Crippen LogP contribution in [0.2, 0.25) is 0 Å². The third kappa shape index (κ3) is 5.76. The standard InChI is InChI=1S/C20H24N8O7S/c1-19(2,3)34-18(33)26-17-24-11(7-36-17)13(27-35-20(4-5-20)16(31)32)15(30)25-12-10(23-14(12)29)6-28-9-21-8-22-28/h7-10,12H,4-6H2,1-3H3,(H,23,29)(H,25,30)(H,31,32)(H,24,26,33)/b27-13-/t10-,12+/m1/s1. The molecule has 192 valence electrons. The molecule has 15 nitrogen and oxygen atoms in total. The molecule has 1 aliphatic heterocycles. The van der Waals surface area contributed by atoms with Gasteiger partial charge in [-0.15, -0.1) is 11.3 Å². The lowest BCUT2D eigenvalue weighted by Gasteiger charge is -2.36. The van der Waals surface area contributed by atoms with Crippen molar-refractivity contribution in [2.75, 3.05) is 5.32 Å². The number of carboxylic acids is 1. The van der Waals surface area contributed by atoms with Crippen LogP contribution >= 0.6 is 11.3 Å². The lowest BCUT2D eigenvalue weighted by molar-refractivity contribution is -0.153. The number of hydrogen-bond donors (Lipinski definition) is 4. The molecule has 2 aromatic rings. The zero-order valence-electron chi connectivity index (χ0n) is 19.5. The second kappa shape index (κ2) is 9.52. The van der Waals surface area contributed by atoms with E-state index in [0.29, 0.717) is 0 Å². The summed E-state index contributed by atoms with van der Waals surface area (Å²) in [5.41, 5.74) is -2.58. The molecule has 1 aliphatic carbocycles. The minimum absolute atomic E-state index is 0.0114. The monoisotopic (exact) mass is 520 g/mol. The number of amides is 3. The lowest BCUT2D eigenvalue weighted by Crippen LogP contribution is -2.70. The van der Waals surface area contributed by atoms with Crippen molar-refractivity contribution >= 4 is 46.1 Å². The van der Waals surface area contributed by atoms with Gasteiger partial charge in [-0.2, -0.15) is 5.10 Å². The number of ether oxygens (including phenoxy) is 1. The Labute approximate surface area is 208 Å². The van der Waals surface area contributed by atoms with E-state index in [1.54, 1.807) is 20.8 Å². The molecule has 1 saturated carbocycles. The Morgan fingerprint density at radius 3 is 2.69 bits per heavy atom. The number of nitrogens with one attached hydrogen (secondary N) is 3. The van der Waals surface area contributed by atoms with Gasteiger partial charge < -0.3 is 25.3 Å². The average Bonchev–Trinajstić information content (AvgIpc) is 3.15. The quantitative estimate of drug-likeness (QED) is 0.200. The van der Waals surface area contributed by atoms with Crippen LogP contribution in [0.25, 0.3) is 0 Å². The molecule has 0 spiro atoms. The molecule has 2 atom stereocenters. The first-order chi connectivity index (χ1) is 17.0. The molecule has 1 saturated heterocycles. The predicted molar refractivity (Wildman–Crippen MR) is 123 cm³/mol. The summed E-state index contributed by atoms with van der Waals surface area (Å²) >= 11 is 0.994. The summed E-state index contributed by atoms with van der Waals surface area (Å²) in [5.74, 6) is -2.43. The molecular weight excluding hydrogens is 496 g/mol. The highest BCUT2D eigenvalue weighted by atomic mass is 32.1. The van der Waals surface area contributed by atoms with Crippen molar-refractivity contribution < 1.29 is 33.9 Å². The summed E-state index contributed by atoms with van der Waals surface area (Å²) in [6, 6.07) is -1.36. The number of anilines is 1. The third-order valence-corrected chi connectivity index (χ3v) is 5.88. The molecule has 4 rings (SSSR count). The van der Waals surface area contributed by atoms with Gasteiger partial charge in [0.1, 0.15) is 30.0 Å². The Morgan fingerprint density at radius 2 is 2.11 bits per heavy atom. The SMILES string of the molecule is CC(C)(C)OC(=O)Nc1nc(/C(=N/OC2(C(=O)O)CC2)C(=O)N[C@@H]2C(=O)N[C@@H]2Cn2cncn2)cs1. The number of hydrogen-bond acceptors (Lipinski definition) is 11. The highest BCUT2D eigenvalue weighted by Gasteiger charge is 2.54. The molecule has 0 bridgehead atoms. The second-order valence-electron chi connectivity index (χ2n) is 9.18. The van der Waals surface area contributed by atoms with E-state index >= 15 is 0 Å². The van der Waals surface area contributed by atoms with E-state index in [2.05, 4.69) is 36.2 Å². The Hall–Kier alpha value is -4.08. The first kappa shape index (κ1) is 25.0. The van der Waals surface area contributed by atoms with Gasteiger partial charge in [-0.05, 0) is 20.8 Å². The van der Waals surface area contributed by atoms with Gasteiger partial charge in [-0.25, -0.2) is 19.6 Å². The fraction of sp³-hybridized carbons (Fsp3) is 0.500. The number of thiazole rings is 1. The van der Waals surface area contributed by atoms with Crippen molar-refractivity contribution in [2.45, 2.75) is 63.4 Å². The van der Waals surface area contributed by atoms with Gasteiger partial charge >= 0.3 is 12.1 Å². The van der Waals surface area contributed by atoms with Gasteiger partial charge in [-0.1, -0.05) is 5.16 Å². The minimum Gasteiger partial charge on any atom is -0.478 e. The van der Waals surface area contributed by atoms with E-state index in [1.807, 2.05) is 0 Å². The van der Waals surface area contributed by atoms with E-state index < -0.39 is 47.2 Å². The maximum Gasteiger partial charge on any atom is 0.413 e. The number of carbonyl (C=O) groups is 4. The van der Waals surface area contributed by atoms with E-state index in [-0.39, 0.29) is 35.9 Å². The van der Waals surface area contributed by atoms with Crippen molar-refractivity contribution in [1.82, 2.24) is 30.4 Å². The third-order valence-electron chi connectivity index (χ3n) is 5.12. The van der Waals surface area contributed by atoms with E-state index in [9.17, 15) is 24.3 Å². The topological polar surface area (TPSA) is 199 Å². The average molecular weight is 521 g/mol. The molecule has 16 heteroatoms. The van der Waals surface area contributed by atoms with Gasteiger partial charge in [0.15, 0.2) is 10.8 Å². The van der Waals surface area contributed by atoms with Crippen LogP contribution in [-0.2, 0) is 30.5 Å². The smallest absolute Gasteiger partial charge is 0.413 e. The van der Waals surface area contributed by atoms with Crippen LogP contribution < -0.4 is 16.0 Å². The Kier molecular flexibility index (Phi) is 6.62. The number of aromatic nitrogens is 4. The van der Waals surface area contributed by atoms with Crippen LogP contribution in [0.1, 0.15) is 39.3 Å². The van der Waals surface area contributed by atoms with Crippen molar-refractivity contribution in [3.05, 3.63) is 23.7 Å². The second-order valence-corrected chi connectivity index (χ2v) is 10.0. The van der Waals surface area contributed by atoms with Crippen LogP contribution in [0.4, 0.5) is 9.93 Å². The molecule has 2 fully saturated rings. The number of nitrogens with zero attached hydrogens (tertiary/aromatic N) is 5. The lowest BCUT2D eigenvalue weighted by atomic mass is 9.98. The summed E-state index contributed by atoms with van der Waals surface area (Å²) in [4.78, 5) is 62.0. The first-order valence-corrected chi connectivity index (χ1v) is 11.7. The molecule has 2 aliphatic rings. The van der Waals surface area contributed by atoms with Crippen molar-refractivity contribution in [2.24, 2.45) is 5.16 Å². The predicted octanol–water partition coefficient (Wildman–Crippen LogP) is 0.103. The molecular formula is C20H24N8O7S. The van der Waals surface area contributed by atoms with Crippen molar-refractivity contribution in [3.8, 4) is 0 Å². The molecule has 4 N–H and O–H groups in total. The molecule has 0 unspecified atom stereocenters. The number of rotatable bonds is 9. The number of aliphatic carboxylic acids is 1. The summed E-state index contributed by atoms with van der Waals surface area (Å²) < 4.78 is 6.69. The van der Waals surface area contributed by atoms with Gasteiger partial charge in [0.2, 0.25) is 11.5 Å². The number of oxime groups is 1. The van der Waals surface area contributed by atoms with Crippen LogP contribution in [0.5, 0.6) is 0 Å². The first-order valence-electron chi connectivity index (χ1n) is 10.8. The van der Waals surface area contributed by atoms with E-state index in [0.717, 1.165) is 11.3 Å². The molecule has 2 aromatic heterocycles. The normalized spacial score (nSPS) is 20.5. The molecule has 0 aromatic carbocycles. The Bertz CT molecular complexity index is 1200. The number of carbonyl (C=O) groups excluding carboxylic acids is 3. The summed E-state index contributed by atoms with van der Waals surface area (Å²) in [6.07, 6.45) is 2.53. The van der Waals surface area contributed by atoms with Gasteiger partial charge in [0, 0.05) is 18.2 Å². The number of carboxylic acid groups (broad SMARTS) is 1. The zero-order valence-corrected chi connectivity index (χ0v) is 20.4. The highest BCUT2D eigenvalue weighted by molar-refractivity contribution is 7.14. The Morgan fingerprint density at radius 1 is 1.36 bits per heavy atom. The van der Waals surface area contributed by atoms with Crippen LogP contribution in [0, 0.1) is 0 Å². The summed E-state index contributed by atoms with van der Waals surface area (Å²) in [7, 11) is 0.